The molecule has 0 spiro atoms. The highest BCUT2D eigenvalue weighted by Crippen LogP contribution is 2.16. The van der Waals surface area contributed by atoms with Crippen molar-refractivity contribution in [3.63, 3.8) is 0 Å². The molecule has 0 atom stereocenters. The zero-order chi connectivity index (χ0) is 20.2. The summed E-state index contributed by atoms with van der Waals surface area (Å²) in [4.78, 5) is 24.9. The van der Waals surface area contributed by atoms with Gasteiger partial charge in [0.05, 0.1) is 24.8 Å². The molecule has 2 aromatic rings. The summed E-state index contributed by atoms with van der Waals surface area (Å²) in [7, 11) is 1.58. The largest absolute Gasteiger partial charge is 0.497 e. The monoisotopic (exact) mass is 384 g/mol. The topological polar surface area (TPSA) is 61.8 Å². The van der Waals surface area contributed by atoms with E-state index in [1.165, 1.54) is 12.8 Å². The van der Waals surface area contributed by atoms with Gasteiger partial charge >= 0.3 is 11.9 Å². The number of ether oxygens (including phenoxy) is 3. The fourth-order valence-electron chi connectivity index (χ4n) is 2.78. The fraction of sp³-hybridized carbons (Fsp3) is 0.391. The van der Waals surface area contributed by atoms with E-state index in [4.69, 9.17) is 14.2 Å². The van der Waals surface area contributed by atoms with Gasteiger partial charge in [-0.2, -0.15) is 0 Å². The summed E-state index contributed by atoms with van der Waals surface area (Å²) >= 11 is 0. The van der Waals surface area contributed by atoms with Gasteiger partial charge in [-0.3, -0.25) is 0 Å². The van der Waals surface area contributed by atoms with Crippen molar-refractivity contribution >= 4 is 11.9 Å². The Kier molecular flexibility index (Phi) is 9.05. The Balaban J connectivity index is 1.92. The van der Waals surface area contributed by atoms with Gasteiger partial charge < -0.3 is 14.2 Å². The smallest absolute Gasteiger partial charge is 0.339 e. The molecule has 0 aromatic heterocycles. The molecule has 0 aliphatic carbocycles. The fourth-order valence-corrected chi connectivity index (χ4v) is 2.78. The van der Waals surface area contributed by atoms with Gasteiger partial charge in [0.2, 0.25) is 0 Å². The first-order chi connectivity index (χ1) is 13.7. The van der Waals surface area contributed by atoms with Crippen LogP contribution < -0.4 is 4.74 Å². The van der Waals surface area contributed by atoms with E-state index in [-0.39, 0.29) is 17.7 Å². The first-order valence-electron chi connectivity index (χ1n) is 9.72. The normalized spacial score (nSPS) is 10.4. The highest BCUT2D eigenvalue weighted by atomic mass is 16.5. The summed E-state index contributed by atoms with van der Waals surface area (Å²) in [5.41, 5.74) is 1.24. The van der Waals surface area contributed by atoms with Crippen molar-refractivity contribution in [1.82, 2.24) is 0 Å². The van der Waals surface area contributed by atoms with Crippen LogP contribution in [-0.4, -0.2) is 25.7 Å². The Morgan fingerprint density at radius 2 is 1.50 bits per heavy atom. The average Bonchev–Trinajstić information content (AvgIpc) is 2.74. The average molecular weight is 384 g/mol. The van der Waals surface area contributed by atoms with Crippen molar-refractivity contribution < 1.29 is 23.8 Å². The molecule has 28 heavy (non-hydrogen) atoms. The minimum Gasteiger partial charge on any atom is -0.497 e. The molecule has 0 heterocycles. The van der Waals surface area contributed by atoms with Gasteiger partial charge in [-0.15, -0.1) is 0 Å². The summed E-state index contributed by atoms with van der Waals surface area (Å²) < 4.78 is 15.9. The quantitative estimate of drug-likeness (QED) is 0.395. The standard InChI is InChI=1S/C23H28O5/c1-3-4-5-6-9-15-27-22(24)20-13-7-8-14-21(20)23(25)28-17-18-11-10-12-19(16-18)26-2/h7-8,10-14,16H,3-6,9,15,17H2,1-2H3. The van der Waals surface area contributed by atoms with Crippen LogP contribution in [0.3, 0.4) is 0 Å². The molecule has 5 nitrogen and oxygen atoms in total. The van der Waals surface area contributed by atoms with E-state index in [0.717, 1.165) is 24.8 Å². The molecule has 0 N–H and O–H groups in total. The van der Waals surface area contributed by atoms with Crippen LogP contribution >= 0.6 is 0 Å². The molecule has 0 unspecified atom stereocenters. The lowest BCUT2D eigenvalue weighted by molar-refractivity contribution is 0.0436. The number of esters is 2. The Labute approximate surface area is 166 Å². The van der Waals surface area contributed by atoms with E-state index >= 15 is 0 Å². The predicted molar refractivity (Wildman–Crippen MR) is 108 cm³/mol. The van der Waals surface area contributed by atoms with Crippen LogP contribution in [0.5, 0.6) is 5.75 Å². The van der Waals surface area contributed by atoms with Gasteiger partial charge in [0.1, 0.15) is 12.4 Å². The number of hydrogen-bond donors (Lipinski definition) is 0. The van der Waals surface area contributed by atoms with Crippen LogP contribution in [0.25, 0.3) is 0 Å². The lowest BCUT2D eigenvalue weighted by Gasteiger charge is -2.10. The third-order valence-corrected chi connectivity index (χ3v) is 4.35. The maximum atomic E-state index is 12.5. The molecule has 0 aliphatic heterocycles. The Hall–Kier alpha value is -2.82. The molecular formula is C23H28O5. The summed E-state index contributed by atoms with van der Waals surface area (Å²) in [5, 5.41) is 0. The van der Waals surface area contributed by atoms with E-state index in [0.29, 0.717) is 12.4 Å². The van der Waals surface area contributed by atoms with E-state index in [1.54, 1.807) is 37.4 Å². The van der Waals surface area contributed by atoms with Gasteiger partial charge in [0.25, 0.3) is 0 Å². The number of rotatable bonds is 11. The third kappa shape index (κ3) is 6.72. The maximum absolute atomic E-state index is 12.5. The van der Waals surface area contributed by atoms with Crippen LogP contribution in [0.2, 0.25) is 0 Å². The SMILES string of the molecule is CCCCCCCOC(=O)c1ccccc1C(=O)OCc1cccc(OC)c1. The van der Waals surface area contributed by atoms with Crippen LogP contribution in [0.15, 0.2) is 48.5 Å². The number of hydrogen-bond acceptors (Lipinski definition) is 5. The Morgan fingerprint density at radius 3 is 2.18 bits per heavy atom. The maximum Gasteiger partial charge on any atom is 0.339 e. The van der Waals surface area contributed by atoms with Crippen LogP contribution in [0, 0.1) is 0 Å². The minimum absolute atomic E-state index is 0.0941. The Bertz CT molecular complexity index is 769. The van der Waals surface area contributed by atoms with E-state index in [2.05, 4.69) is 6.92 Å². The van der Waals surface area contributed by atoms with Crippen molar-refractivity contribution in [2.24, 2.45) is 0 Å². The first-order valence-corrected chi connectivity index (χ1v) is 9.72. The van der Waals surface area contributed by atoms with Crippen LogP contribution in [-0.2, 0) is 16.1 Å². The third-order valence-electron chi connectivity index (χ3n) is 4.35. The second-order valence-electron chi connectivity index (χ2n) is 6.52. The molecule has 2 rings (SSSR count). The second-order valence-corrected chi connectivity index (χ2v) is 6.52. The summed E-state index contributed by atoms with van der Waals surface area (Å²) in [6.45, 7) is 2.61. The molecule has 0 saturated carbocycles. The van der Waals surface area contributed by atoms with E-state index < -0.39 is 11.9 Å². The second kappa shape index (κ2) is 11.8. The molecule has 0 saturated heterocycles. The highest BCUT2D eigenvalue weighted by molar-refractivity contribution is 6.03. The molecule has 0 bridgehead atoms. The number of carbonyl (C=O) groups excluding carboxylic acids is 2. The zero-order valence-electron chi connectivity index (χ0n) is 16.6. The number of benzene rings is 2. The summed E-state index contributed by atoms with van der Waals surface area (Å²) in [6.07, 6.45) is 5.36. The minimum atomic E-state index is -0.557. The van der Waals surface area contributed by atoms with Crippen molar-refractivity contribution in [3.05, 3.63) is 65.2 Å². The van der Waals surface area contributed by atoms with Crippen LogP contribution in [0.1, 0.15) is 65.3 Å². The van der Waals surface area contributed by atoms with Gasteiger partial charge in [-0.1, -0.05) is 56.9 Å². The van der Waals surface area contributed by atoms with Crippen LogP contribution in [0.4, 0.5) is 0 Å². The lowest BCUT2D eigenvalue weighted by Crippen LogP contribution is -2.14. The molecule has 150 valence electrons. The molecule has 0 amide bonds. The summed E-state index contributed by atoms with van der Waals surface area (Å²) in [5.74, 6) is -0.362. The first kappa shape index (κ1) is 21.5. The zero-order valence-corrected chi connectivity index (χ0v) is 16.6. The predicted octanol–water partition coefficient (Wildman–Crippen LogP) is 5.18. The number of unbranched alkanes of at least 4 members (excludes halogenated alkanes) is 4. The summed E-state index contributed by atoms with van der Waals surface area (Å²) in [6, 6.07) is 13.8. The van der Waals surface area contributed by atoms with E-state index in [1.807, 2.05) is 18.2 Å². The van der Waals surface area contributed by atoms with Gasteiger partial charge in [0.15, 0.2) is 0 Å². The molecule has 0 aliphatic rings. The molecule has 5 heteroatoms. The van der Waals surface area contributed by atoms with Gasteiger partial charge in [0, 0.05) is 0 Å². The van der Waals surface area contributed by atoms with Crippen molar-refractivity contribution in [2.45, 2.75) is 45.6 Å². The Morgan fingerprint density at radius 1 is 0.821 bits per heavy atom. The van der Waals surface area contributed by atoms with Gasteiger partial charge in [-0.05, 0) is 36.2 Å². The molecular weight excluding hydrogens is 356 g/mol. The lowest BCUT2D eigenvalue weighted by atomic mass is 10.1. The number of methoxy groups -OCH3 is 1. The highest BCUT2D eigenvalue weighted by Gasteiger charge is 2.19. The molecule has 2 aromatic carbocycles. The van der Waals surface area contributed by atoms with Crippen molar-refractivity contribution in [1.29, 1.82) is 0 Å². The van der Waals surface area contributed by atoms with Crippen molar-refractivity contribution in [3.8, 4) is 5.75 Å². The molecule has 0 radical (unpaired) electrons. The number of carbonyl (C=O) groups is 2. The van der Waals surface area contributed by atoms with E-state index in [9.17, 15) is 9.59 Å². The molecule has 0 fully saturated rings. The van der Waals surface area contributed by atoms with Crippen molar-refractivity contribution in [2.75, 3.05) is 13.7 Å². The van der Waals surface area contributed by atoms with Gasteiger partial charge in [-0.25, -0.2) is 9.59 Å².